The Hall–Kier alpha value is -4.94. The number of imidazole rings is 1. The first-order chi connectivity index (χ1) is 18.1. The molecule has 2 aromatic heterocycles. The molecule has 0 aliphatic carbocycles. The zero-order chi connectivity index (χ0) is 27.0. The molecule has 0 aliphatic heterocycles. The number of anilines is 1. The van der Waals surface area contributed by atoms with Crippen molar-refractivity contribution in [2.45, 2.75) is 12.8 Å². The maximum atomic E-state index is 14.8. The number of fused-ring (bicyclic) bond motifs is 2. The molecule has 2 heterocycles. The molecule has 0 radical (unpaired) electrons. The third kappa shape index (κ3) is 5.12. The van der Waals surface area contributed by atoms with Crippen LogP contribution in [0.2, 0.25) is 0 Å². The van der Waals surface area contributed by atoms with E-state index in [9.17, 15) is 27.2 Å². The fourth-order valence-corrected chi connectivity index (χ4v) is 4.01. The number of aromatic amines is 2. The van der Waals surface area contributed by atoms with Crippen LogP contribution in [0.1, 0.15) is 11.3 Å². The highest BCUT2D eigenvalue weighted by Gasteiger charge is 2.31. The Morgan fingerprint density at radius 1 is 1.05 bits per heavy atom. The van der Waals surface area contributed by atoms with Crippen LogP contribution >= 0.6 is 0 Å². The quantitative estimate of drug-likeness (QED) is 0.268. The molecule has 5 rings (SSSR count). The second-order valence-corrected chi connectivity index (χ2v) is 8.18. The highest BCUT2D eigenvalue weighted by atomic mass is 19.4. The van der Waals surface area contributed by atoms with Crippen molar-refractivity contribution in [3.05, 3.63) is 82.0 Å². The predicted molar refractivity (Wildman–Crippen MR) is 129 cm³/mol. The molecule has 1 amide bonds. The Morgan fingerprint density at radius 2 is 1.87 bits per heavy atom. The number of carbonyl (C=O) groups is 1. The Labute approximate surface area is 210 Å². The number of amides is 1. The van der Waals surface area contributed by atoms with Crippen LogP contribution in [0.5, 0.6) is 5.75 Å². The topological polar surface area (TPSA) is 122 Å². The van der Waals surface area contributed by atoms with Gasteiger partial charge in [-0.1, -0.05) is 12.1 Å². The summed E-state index contributed by atoms with van der Waals surface area (Å²) in [5.74, 6) is -0.855. The van der Waals surface area contributed by atoms with Gasteiger partial charge in [0.1, 0.15) is 11.6 Å². The van der Waals surface area contributed by atoms with Crippen LogP contribution in [0.15, 0.2) is 59.4 Å². The molecule has 0 bridgehead atoms. The number of H-pyrrole nitrogens is 2. The normalized spacial score (nSPS) is 11.6. The molecule has 13 heteroatoms. The highest BCUT2D eigenvalue weighted by molar-refractivity contribution is 5.88. The van der Waals surface area contributed by atoms with E-state index in [1.165, 1.54) is 25.3 Å². The van der Waals surface area contributed by atoms with E-state index in [4.69, 9.17) is 0 Å². The van der Waals surface area contributed by atoms with Gasteiger partial charge in [-0.3, -0.25) is 10.1 Å². The summed E-state index contributed by atoms with van der Waals surface area (Å²) < 4.78 is 61.5. The van der Waals surface area contributed by atoms with Crippen LogP contribution in [0, 0.1) is 5.82 Å². The summed E-state index contributed by atoms with van der Waals surface area (Å²) in [5.41, 5.74) is 2.07. The molecule has 194 valence electrons. The lowest BCUT2D eigenvalue weighted by Gasteiger charge is -2.11. The third-order valence-electron chi connectivity index (χ3n) is 5.67. The second-order valence-electron chi connectivity index (χ2n) is 8.18. The van der Waals surface area contributed by atoms with Crippen molar-refractivity contribution >= 4 is 33.8 Å². The SMILES string of the molecule is COC(=O)Nc1nc2cc(-c3cc(Cc4n[nH]c(=O)c5ccc(OC(F)(F)F)cc45)ccc3F)ccc2[nH]1. The fourth-order valence-electron chi connectivity index (χ4n) is 4.01. The second kappa shape index (κ2) is 9.50. The smallest absolute Gasteiger partial charge is 0.453 e. The van der Waals surface area contributed by atoms with Gasteiger partial charge in [-0.05, 0) is 53.6 Å². The lowest BCUT2D eigenvalue weighted by molar-refractivity contribution is -0.274. The van der Waals surface area contributed by atoms with E-state index < -0.39 is 29.6 Å². The largest absolute Gasteiger partial charge is 0.573 e. The van der Waals surface area contributed by atoms with E-state index in [1.807, 2.05) is 0 Å². The Balaban J connectivity index is 1.50. The van der Waals surface area contributed by atoms with Crippen LogP contribution < -0.4 is 15.6 Å². The summed E-state index contributed by atoms with van der Waals surface area (Å²) in [7, 11) is 1.21. The average molecular weight is 527 g/mol. The van der Waals surface area contributed by atoms with Crippen molar-refractivity contribution in [1.82, 2.24) is 20.2 Å². The van der Waals surface area contributed by atoms with Gasteiger partial charge in [0.25, 0.3) is 5.56 Å². The number of carbonyl (C=O) groups excluding carboxylic acids is 1. The van der Waals surface area contributed by atoms with Gasteiger partial charge in [-0.25, -0.2) is 19.3 Å². The minimum absolute atomic E-state index is 0.0773. The van der Waals surface area contributed by atoms with Crippen LogP contribution in [-0.2, 0) is 11.2 Å². The molecule has 3 N–H and O–H groups in total. The van der Waals surface area contributed by atoms with Gasteiger partial charge in [0, 0.05) is 17.4 Å². The summed E-state index contributed by atoms with van der Waals surface area (Å²) in [6.45, 7) is 0. The molecule has 0 fully saturated rings. The molecule has 38 heavy (non-hydrogen) atoms. The van der Waals surface area contributed by atoms with Gasteiger partial charge in [-0.15, -0.1) is 13.2 Å². The summed E-state index contributed by atoms with van der Waals surface area (Å²) in [6, 6.07) is 12.7. The van der Waals surface area contributed by atoms with Gasteiger partial charge in [0.05, 0.1) is 29.2 Å². The maximum Gasteiger partial charge on any atom is 0.573 e. The molecule has 0 unspecified atom stereocenters. The van der Waals surface area contributed by atoms with E-state index >= 15 is 0 Å². The van der Waals surface area contributed by atoms with E-state index in [1.54, 1.807) is 24.3 Å². The zero-order valence-electron chi connectivity index (χ0n) is 19.4. The monoisotopic (exact) mass is 527 g/mol. The minimum atomic E-state index is -4.90. The molecule has 3 aromatic carbocycles. The molecule has 9 nitrogen and oxygen atoms in total. The standard InChI is InChI=1S/C25H17F4N5O4/c1-37-24(36)32-23-30-19-7-3-13(10-21(19)31-23)16-8-12(2-6-18(16)26)9-20-17-11-14(38-25(27,28)29)4-5-15(17)22(35)34-33-20/h2-8,10-11H,9H2,1H3,(H,34,35)(H2,30,31,32,36). The van der Waals surface area contributed by atoms with E-state index in [0.717, 1.165) is 12.1 Å². The lowest BCUT2D eigenvalue weighted by atomic mass is 9.98. The Morgan fingerprint density at radius 3 is 2.63 bits per heavy atom. The molecular weight excluding hydrogens is 510 g/mol. The number of alkyl halides is 3. The number of hydrogen-bond acceptors (Lipinski definition) is 6. The van der Waals surface area contributed by atoms with Crippen LogP contribution in [0.3, 0.4) is 0 Å². The Kier molecular flexibility index (Phi) is 6.18. The number of methoxy groups -OCH3 is 1. The molecule has 0 saturated carbocycles. The zero-order valence-corrected chi connectivity index (χ0v) is 19.4. The van der Waals surface area contributed by atoms with Gasteiger partial charge >= 0.3 is 12.5 Å². The Bertz CT molecular complexity index is 1750. The molecule has 0 spiro atoms. The molecule has 0 aliphatic rings. The van der Waals surface area contributed by atoms with Crippen LogP contribution in [0.4, 0.5) is 28.3 Å². The minimum Gasteiger partial charge on any atom is -0.453 e. The van der Waals surface area contributed by atoms with Crippen molar-refractivity contribution < 1.29 is 31.8 Å². The summed E-state index contributed by atoms with van der Waals surface area (Å²) in [6.07, 6.45) is -5.53. The van der Waals surface area contributed by atoms with Crippen molar-refractivity contribution in [2.75, 3.05) is 12.4 Å². The first kappa shape index (κ1) is 24.7. The number of aromatic nitrogens is 4. The van der Waals surface area contributed by atoms with E-state index in [-0.39, 0.29) is 34.4 Å². The van der Waals surface area contributed by atoms with Gasteiger partial charge in [0.2, 0.25) is 5.95 Å². The number of ether oxygens (including phenoxy) is 2. The van der Waals surface area contributed by atoms with E-state index in [2.05, 4.69) is 35.0 Å². The fraction of sp³-hybridized carbons (Fsp3) is 0.120. The van der Waals surface area contributed by atoms with Gasteiger partial charge in [0.15, 0.2) is 0 Å². The predicted octanol–water partition coefficient (Wildman–Crippen LogP) is 5.27. The van der Waals surface area contributed by atoms with Gasteiger partial charge in [-0.2, -0.15) is 5.10 Å². The molecular formula is C25H17F4N5O4. The van der Waals surface area contributed by atoms with Crippen molar-refractivity contribution in [1.29, 1.82) is 0 Å². The average Bonchev–Trinajstić information content (AvgIpc) is 3.27. The number of nitrogens with zero attached hydrogens (tertiary/aromatic N) is 2. The first-order valence-corrected chi connectivity index (χ1v) is 11.0. The van der Waals surface area contributed by atoms with Gasteiger partial charge < -0.3 is 14.5 Å². The van der Waals surface area contributed by atoms with Crippen LogP contribution in [0.25, 0.3) is 32.9 Å². The first-order valence-electron chi connectivity index (χ1n) is 11.0. The number of hydrogen-bond donors (Lipinski definition) is 3. The number of benzene rings is 3. The maximum absolute atomic E-state index is 14.8. The molecule has 0 atom stereocenters. The third-order valence-corrected chi connectivity index (χ3v) is 5.67. The summed E-state index contributed by atoms with van der Waals surface area (Å²) >= 11 is 0. The van der Waals surface area contributed by atoms with Crippen LogP contribution in [-0.4, -0.2) is 39.7 Å². The highest BCUT2D eigenvalue weighted by Crippen LogP contribution is 2.30. The van der Waals surface area contributed by atoms with Crippen molar-refractivity contribution in [3.63, 3.8) is 0 Å². The molecule has 5 aromatic rings. The summed E-state index contributed by atoms with van der Waals surface area (Å²) in [5, 5.41) is 9.07. The van der Waals surface area contributed by atoms with Crippen molar-refractivity contribution in [2.24, 2.45) is 0 Å². The number of halogens is 4. The van der Waals surface area contributed by atoms with Crippen molar-refractivity contribution in [3.8, 4) is 16.9 Å². The number of rotatable bonds is 5. The number of nitrogens with one attached hydrogen (secondary N) is 3. The molecule has 0 saturated heterocycles. The van der Waals surface area contributed by atoms with E-state index in [0.29, 0.717) is 22.2 Å². The summed E-state index contributed by atoms with van der Waals surface area (Å²) in [4.78, 5) is 30.8. The lowest BCUT2D eigenvalue weighted by Crippen LogP contribution is -2.17.